The van der Waals surface area contributed by atoms with Gasteiger partial charge in [-0.1, -0.05) is 31.2 Å². The van der Waals surface area contributed by atoms with E-state index in [0.717, 1.165) is 17.5 Å². The highest BCUT2D eigenvalue weighted by Crippen LogP contribution is 2.11. The third-order valence-electron chi connectivity index (χ3n) is 2.62. The van der Waals surface area contributed by atoms with Crippen LogP contribution in [0.3, 0.4) is 0 Å². The molecule has 0 aliphatic carbocycles. The molecule has 17 heavy (non-hydrogen) atoms. The highest BCUT2D eigenvalue weighted by Gasteiger charge is 2.17. The fourth-order valence-corrected chi connectivity index (χ4v) is 2.84. The highest BCUT2D eigenvalue weighted by atomic mass is 32.2. The van der Waals surface area contributed by atoms with Gasteiger partial charge in [-0.25, -0.2) is 12.7 Å². The van der Waals surface area contributed by atoms with Crippen molar-refractivity contribution >= 4 is 10.0 Å². The van der Waals surface area contributed by atoms with Crippen LogP contribution in [0.15, 0.2) is 24.3 Å². The molecule has 1 aromatic carbocycles. The lowest BCUT2D eigenvalue weighted by Gasteiger charge is -2.16. The monoisotopic (exact) mass is 256 g/mol. The summed E-state index contributed by atoms with van der Waals surface area (Å²) in [5.41, 5.74) is 7.29. The van der Waals surface area contributed by atoms with Crippen LogP contribution in [-0.2, 0) is 22.3 Å². The van der Waals surface area contributed by atoms with Crippen LogP contribution in [0.4, 0.5) is 0 Å². The molecule has 0 radical (unpaired) electrons. The molecule has 0 spiro atoms. The molecular formula is C12H20N2O2S. The number of sulfonamides is 1. The number of hydrogen-bond acceptors (Lipinski definition) is 3. The van der Waals surface area contributed by atoms with Crippen molar-refractivity contribution in [1.29, 1.82) is 0 Å². The van der Waals surface area contributed by atoms with E-state index in [-0.39, 0.29) is 5.75 Å². The SMILES string of the molecule is CCCN(C)S(=O)(=O)Cc1ccc(CN)cc1. The van der Waals surface area contributed by atoms with E-state index in [1.807, 2.05) is 31.2 Å². The molecule has 0 atom stereocenters. The predicted octanol–water partition coefficient (Wildman–Crippen LogP) is 1.32. The molecular weight excluding hydrogens is 236 g/mol. The summed E-state index contributed by atoms with van der Waals surface area (Å²) >= 11 is 0. The Morgan fingerprint density at radius 3 is 2.18 bits per heavy atom. The minimum Gasteiger partial charge on any atom is -0.326 e. The molecule has 0 amide bonds. The zero-order valence-corrected chi connectivity index (χ0v) is 11.2. The zero-order valence-electron chi connectivity index (χ0n) is 10.4. The summed E-state index contributed by atoms with van der Waals surface area (Å²) in [7, 11) is -1.57. The first-order valence-electron chi connectivity index (χ1n) is 5.71. The van der Waals surface area contributed by atoms with Gasteiger partial charge in [0.15, 0.2) is 0 Å². The lowest BCUT2D eigenvalue weighted by Crippen LogP contribution is -2.28. The first kappa shape index (κ1) is 14.2. The van der Waals surface area contributed by atoms with E-state index in [4.69, 9.17) is 5.73 Å². The summed E-state index contributed by atoms with van der Waals surface area (Å²) in [6.45, 7) is 2.99. The Bertz CT molecular complexity index is 440. The topological polar surface area (TPSA) is 63.4 Å². The Hall–Kier alpha value is -0.910. The van der Waals surface area contributed by atoms with E-state index in [0.29, 0.717) is 13.1 Å². The molecule has 5 heteroatoms. The second kappa shape index (κ2) is 6.14. The summed E-state index contributed by atoms with van der Waals surface area (Å²) in [6.07, 6.45) is 0.821. The van der Waals surface area contributed by atoms with Crippen LogP contribution in [0.25, 0.3) is 0 Å². The normalized spacial score (nSPS) is 12.0. The van der Waals surface area contributed by atoms with Gasteiger partial charge < -0.3 is 5.73 Å². The van der Waals surface area contributed by atoms with Gasteiger partial charge in [0.2, 0.25) is 10.0 Å². The summed E-state index contributed by atoms with van der Waals surface area (Å²) in [5.74, 6) is 0.0500. The van der Waals surface area contributed by atoms with Gasteiger partial charge >= 0.3 is 0 Å². The maximum absolute atomic E-state index is 11.9. The van der Waals surface area contributed by atoms with Crippen molar-refractivity contribution < 1.29 is 8.42 Å². The lowest BCUT2D eigenvalue weighted by molar-refractivity contribution is 0.467. The Balaban J connectivity index is 2.75. The Kier molecular flexibility index (Phi) is 5.11. The third kappa shape index (κ3) is 4.11. The summed E-state index contributed by atoms with van der Waals surface area (Å²) in [6, 6.07) is 7.37. The van der Waals surface area contributed by atoms with Crippen molar-refractivity contribution in [2.24, 2.45) is 5.73 Å². The molecule has 0 saturated heterocycles. The standard InChI is InChI=1S/C12H20N2O2S/c1-3-8-14(2)17(15,16)10-12-6-4-11(9-13)5-7-12/h4-7H,3,8-10,13H2,1-2H3. The third-order valence-corrected chi connectivity index (χ3v) is 4.45. The molecule has 96 valence electrons. The number of nitrogens with zero attached hydrogens (tertiary/aromatic N) is 1. The first-order valence-corrected chi connectivity index (χ1v) is 7.32. The highest BCUT2D eigenvalue weighted by molar-refractivity contribution is 7.88. The Morgan fingerprint density at radius 1 is 1.18 bits per heavy atom. The Labute approximate surface area is 103 Å². The van der Waals surface area contributed by atoms with Crippen LogP contribution in [0.2, 0.25) is 0 Å². The number of benzene rings is 1. The molecule has 0 heterocycles. The van der Waals surface area contributed by atoms with Gasteiger partial charge in [-0.2, -0.15) is 0 Å². The van der Waals surface area contributed by atoms with Gasteiger partial charge in [-0.15, -0.1) is 0 Å². The molecule has 0 saturated carbocycles. The molecule has 0 aliphatic heterocycles. The van der Waals surface area contributed by atoms with Gasteiger partial charge in [0.05, 0.1) is 5.75 Å². The van der Waals surface area contributed by atoms with Crippen molar-refractivity contribution in [1.82, 2.24) is 4.31 Å². The van der Waals surface area contributed by atoms with Crippen LogP contribution < -0.4 is 5.73 Å². The van der Waals surface area contributed by atoms with Gasteiger partial charge in [-0.05, 0) is 17.5 Å². The summed E-state index contributed by atoms with van der Waals surface area (Å²) in [5, 5.41) is 0. The van der Waals surface area contributed by atoms with E-state index in [1.165, 1.54) is 4.31 Å². The van der Waals surface area contributed by atoms with E-state index in [2.05, 4.69) is 0 Å². The Morgan fingerprint density at radius 2 is 1.71 bits per heavy atom. The lowest BCUT2D eigenvalue weighted by atomic mass is 10.1. The average Bonchev–Trinajstić information content (AvgIpc) is 2.30. The minimum absolute atomic E-state index is 0.0500. The quantitative estimate of drug-likeness (QED) is 0.835. The van der Waals surface area contributed by atoms with E-state index >= 15 is 0 Å². The van der Waals surface area contributed by atoms with Crippen LogP contribution in [0.5, 0.6) is 0 Å². The fourth-order valence-electron chi connectivity index (χ4n) is 1.55. The maximum Gasteiger partial charge on any atom is 0.218 e. The van der Waals surface area contributed by atoms with Crippen LogP contribution in [0, 0.1) is 0 Å². The van der Waals surface area contributed by atoms with E-state index < -0.39 is 10.0 Å². The second-order valence-electron chi connectivity index (χ2n) is 4.10. The molecule has 1 rings (SSSR count). The molecule has 0 bridgehead atoms. The van der Waals surface area contributed by atoms with Gasteiger partial charge in [-0.3, -0.25) is 0 Å². The zero-order chi connectivity index (χ0) is 12.9. The first-order chi connectivity index (χ1) is 7.99. The molecule has 4 nitrogen and oxygen atoms in total. The van der Waals surface area contributed by atoms with Gasteiger partial charge in [0, 0.05) is 20.1 Å². The van der Waals surface area contributed by atoms with Crippen molar-refractivity contribution in [3.8, 4) is 0 Å². The molecule has 0 unspecified atom stereocenters. The van der Waals surface area contributed by atoms with E-state index in [9.17, 15) is 8.42 Å². The maximum atomic E-state index is 11.9. The van der Waals surface area contributed by atoms with Crippen LogP contribution in [-0.4, -0.2) is 26.3 Å². The largest absolute Gasteiger partial charge is 0.326 e. The summed E-state index contributed by atoms with van der Waals surface area (Å²) < 4.78 is 25.3. The number of hydrogen-bond donors (Lipinski definition) is 1. The average molecular weight is 256 g/mol. The van der Waals surface area contributed by atoms with Crippen molar-refractivity contribution in [3.05, 3.63) is 35.4 Å². The molecule has 1 aromatic rings. The van der Waals surface area contributed by atoms with Crippen molar-refractivity contribution in [2.45, 2.75) is 25.6 Å². The van der Waals surface area contributed by atoms with Gasteiger partial charge in [0.25, 0.3) is 0 Å². The van der Waals surface area contributed by atoms with Crippen LogP contribution in [0.1, 0.15) is 24.5 Å². The summed E-state index contributed by atoms with van der Waals surface area (Å²) in [4.78, 5) is 0. The van der Waals surface area contributed by atoms with Crippen molar-refractivity contribution in [2.75, 3.05) is 13.6 Å². The smallest absolute Gasteiger partial charge is 0.218 e. The van der Waals surface area contributed by atoms with Gasteiger partial charge in [0.1, 0.15) is 0 Å². The molecule has 0 aliphatic rings. The minimum atomic E-state index is -3.19. The van der Waals surface area contributed by atoms with Crippen LogP contribution >= 0.6 is 0 Å². The molecule has 0 fully saturated rings. The fraction of sp³-hybridized carbons (Fsp3) is 0.500. The molecule has 2 N–H and O–H groups in total. The van der Waals surface area contributed by atoms with E-state index in [1.54, 1.807) is 7.05 Å². The molecule has 0 aromatic heterocycles. The number of nitrogens with two attached hydrogens (primary N) is 1. The predicted molar refractivity (Wildman–Crippen MR) is 69.9 cm³/mol. The van der Waals surface area contributed by atoms with Crippen molar-refractivity contribution in [3.63, 3.8) is 0 Å². The number of rotatable bonds is 6. The second-order valence-corrected chi connectivity index (χ2v) is 6.17.